The minimum absolute atomic E-state index is 0. The average Bonchev–Trinajstić information content (AvgIpc) is 3.13. The van der Waals surface area contributed by atoms with E-state index in [9.17, 15) is 4.79 Å². The molecule has 0 bridgehead atoms. The maximum Gasteiger partial charge on any atom is 0.222 e. The second kappa shape index (κ2) is 10.5. The monoisotopic (exact) mass is 514 g/mol. The van der Waals surface area contributed by atoms with Crippen LogP contribution in [-0.2, 0) is 11.3 Å². The van der Waals surface area contributed by atoms with E-state index in [4.69, 9.17) is 0 Å². The van der Waals surface area contributed by atoms with E-state index in [1.165, 1.54) is 4.88 Å². The average molecular weight is 515 g/mol. The maximum absolute atomic E-state index is 11.7. The Morgan fingerprint density at radius 1 is 1.52 bits per heavy atom. The van der Waals surface area contributed by atoms with Crippen LogP contribution in [0.25, 0.3) is 0 Å². The third-order valence-electron chi connectivity index (χ3n) is 3.54. The van der Waals surface area contributed by atoms with Gasteiger partial charge in [0.15, 0.2) is 5.96 Å². The number of halogens is 2. The largest absolute Gasteiger partial charge is 0.357 e. The summed E-state index contributed by atoms with van der Waals surface area (Å²) in [5.41, 5.74) is 0. The van der Waals surface area contributed by atoms with Gasteiger partial charge in [0.25, 0.3) is 0 Å². The molecule has 1 atom stereocenters. The predicted octanol–water partition coefficient (Wildman–Crippen LogP) is 3.19. The Morgan fingerprint density at radius 3 is 2.91 bits per heavy atom. The smallest absolute Gasteiger partial charge is 0.222 e. The molecular formula is C15H24BrIN4OS. The lowest BCUT2D eigenvalue weighted by Gasteiger charge is -2.18. The lowest BCUT2D eigenvalue weighted by atomic mass is 10.3. The third kappa shape index (κ3) is 6.58. The Balaban J connectivity index is 0.00000264. The van der Waals surface area contributed by atoms with E-state index in [1.54, 1.807) is 11.3 Å². The number of carbonyl (C=O) groups is 1. The fourth-order valence-electron chi connectivity index (χ4n) is 2.44. The van der Waals surface area contributed by atoms with Crippen LogP contribution in [-0.4, -0.2) is 42.4 Å². The molecule has 1 aliphatic rings. The third-order valence-corrected chi connectivity index (χ3v) is 5.23. The number of aliphatic imine (C=N–C) groups is 1. The predicted molar refractivity (Wildman–Crippen MR) is 111 cm³/mol. The molecule has 0 saturated carbocycles. The highest BCUT2D eigenvalue weighted by molar-refractivity contribution is 14.0. The molecule has 130 valence electrons. The molecule has 1 aromatic rings. The highest BCUT2D eigenvalue weighted by atomic mass is 127. The number of thiophene rings is 1. The number of guanidine groups is 1. The molecule has 0 spiro atoms. The molecule has 1 amide bonds. The fraction of sp³-hybridized carbons (Fsp3) is 0.600. The summed E-state index contributed by atoms with van der Waals surface area (Å²) in [5.74, 6) is 1.05. The first-order valence-electron chi connectivity index (χ1n) is 7.67. The number of carbonyl (C=O) groups excluding carboxylic acids is 1. The molecule has 0 aliphatic carbocycles. The van der Waals surface area contributed by atoms with Crippen LogP contribution in [0.4, 0.5) is 0 Å². The zero-order chi connectivity index (χ0) is 15.9. The van der Waals surface area contributed by atoms with Crippen LogP contribution in [0.2, 0.25) is 0 Å². The van der Waals surface area contributed by atoms with E-state index in [0.717, 1.165) is 36.5 Å². The van der Waals surface area contributed by atoms with Gasteiger partial charge in [0.1, 0.15) is 0 Å². The van der Waals surface area contributed by atoms with Gasteiger partial charge < -0.3 is 15.5 Å². The van der Waals surface area contributed by atoms with Gasteiger partial charge in [-0.1, -0.05) is 6.92 Å². The van der Waals surface area contributed by atoms with Crippen molar-refractivity contribution in [2.45, 2.75) is 39.3 Å². The topological polar surface area (TPSA) is 56.7 Å². The van der Waals surface area contributed by atoms with E-state index < -0.39 is 0 Å². The minimum atomic E-state index is 0. The van der Waals surface area contributed by atoms with Crippen molar-refractivity contribution in [3.63, 3.8) is 0 Å². The molecule has 23 heavy (non-hydrogen) atoms. The molecule has 0 aromatic carbocycles. The van der Waals surface area contributed by atoms with Gasteiger partial charge in [-0.3, -0.25) is 4.79 Å². The Hall–Kier alpha value is -0.350. The van der Waals surface area contributed by atoms with E-state index >= 15 is 0 Å². The van der Waals surface area contributed by atoms with Gasteiger partial charge in [0.2, 0.25) is 5.91 Å². The number of hydrogen-bond acceptors (Lipinski definition) is 3. The second-order valence-electron chi connectivity index (χ2n) is 5.25. The molecule has 1 aromatic heterocycles. The fourth-order valence-corrected chi connectivity index (χ4v) is 3.81. The molecule has 2 N–H and O–H groups in total. The molecule has 1 unspecified atom stereocenters. The molecule has 5 nitrogen and oxygen atoms in total. The number of likely N-dealkylation sites (tertiary alicyclic amines) is 1. The molecule has 1 saturated heterocycles. The summed E-state index contributed by atoms with van der Waals surface area (Å²) in [5, 5.41) is 8.78. The van der Waals surface area contributed by atoms with E-state index in [0.29, 0.717) is 13.0 Å². The molecule has 2 rings (SSSR count). The van der Waals surface area contributed by atoms with Gasteiger partial charge in [-0.05, 0) is 35.3 Å². The van der Waals surface area contributed by atoms with E-state index in [-0.39, 0.29) is 35.9 Å². The zero-order valence-electron chi connectivity index (χ0n) is 13.5. The van der Waals surface area contributed by atoms with Crippen LogP contribution < -0.4 is 10.6 Å². The number of nitrogens with one attached hydrogen (secondary N) is 2. The van der Waals surface area contributed by atoms with Crippen molar-refractivity contribution in [3.05, 3.63) is 20.8 Å². The van der Waals surface area contributed by atoms with Crippen molar-refractivity contribution in [1.29, 1.82) is 0 Å². The summed E-state index contributed by atoms with van der Waals surface area (Å²) in [4.78, 5) is 19.5. The van der Waals surface area contributed by atoms with Crippen molar-refractivity contribution < 1.29 is 4.79 Å². The summed E-state index contributed by atoms with van der Waals surface area (Å²) in [6.07, 6.45) is 1.55. The van der Waals surface area contributed by atoms with Gasteiger partial charge in [-0.25, -0.2) is 4.99 Å². The van der Waals surface area contributed by atoms with Gasteiger partial charge in [0.05, 0.1) is 6.54 Å². The molecule has 2 heterocycles. The van der Waals surface area contributed by atoms with Crippen molar-refractivity contribution >= 4 is 63.1 Å². The Kier molecular flexibility index (Phi) is 9.45. The maximum atomic E-state index is 11.7. The van der Waals surface area contributed by atoms with Crippen LogP contribution in [0, 0.1) is 0 Å². The van der Waals surface area contributed by atoms with Crippen molar-refractivity contribution in [2.24, 2.45) is 4.99 Å². The molecular weight excluding hydrogens is 491 g/mol. The van der Waals surface area contributed by atoms with Crippen LogP contribution in [0.3, 0.4) is 0 Å². The van der Waals surface area contributed by atoms with Gasteiger partial charge in [0, 0.05) is 46.8 Å². The molecule has 1 aliphatic heterocycles. The van der Waals surface area contributed by atoms with Crippen molar-refractivity contribution in [3.8, 4) is 0 Å². The quantitative estimate of drug-likeness (QED) is 0.360. The number of amides is 1. The van der Waals surface area contributed by atoms with Gasteiger partial charge in [-0.2, -0.15) is 0 Å². The molecule has 1 fully saturated rings. The SMILES string of the molecule is CCNC(=NCc1cc(Br)cs1)NC1CCN(C(=O)CC)C1.I. The number of rotatable bonds is 5. The Bertz CT molecular complexity index is 537. The molecule has 8 heteroatoms. The second-order valence-corrected chi connectivity index (χ2v) is 7.16. The minimum Gasteiger partial charge on any atom is -0.357 e. The first kappa shape index (κ1) is 20.7. The standard InChI is InChI=1S/C15H23BrN4OS.HI/c1-3-14(21)20-6-5-12(9-20)19-15(17-4-2)18-8-13-7-11(16)10-22-13;/h7,10,12H,3-6,8-9H2,1-2H3,(H2,17,18,19);1H. The van der Waals surface area contributed by atoms with E-state index in [2.05, 4.69) is 49.9 Å². The number of hydrogen-bond donors (Lipinski definition) is 2. The summed E-state index contributed by atoms with van der Waals surface area (Å²) >= 11 is 5.16. The van der Waals surface area contributed by atoms with Crippen molar-refractivity contribution in [1.82, 2.24) is 15.5 Å². The highest BCUT2D eigenvalue weighted by Gasteiger charge is 2.25. The summed E-state index contributed by atoms with van der Waals surface area (Å²) in [7, 11) is 0. The van der Waals surface area contributed by atoms with Gasteiger partial charge >= 0.3 is 0 Å². The van der Waals surface area contributed by atoms with Crippen LogP contribution in [0.5, 0.6) is 0 Å². The van der Waals surface area contributed by atoms with Gasteiger partial charge in [-0.15, -0.1) is 35.3 Å². The normalized spacial score (nSPS) is 17.8. The highest BCUT2D eigenvalue weighted by Crippen LogP contribution is 2.20. The lowest BCUT2D eigenvalue weighted by molar-refractivity contribution is -0.129. The number of nitrogens with zero attached hydrogens (tertiary/aromatic N) is 2. The summed E-state index contributed by atoms with van der Waals surface area (Å²) in [6.45, 7) is 7.05. The first-order chi connectivity index (χ1) is 10.6. The van der Waals surface area contributed by atoms with Crippen LogP contribution in [0.15, 0.2) is 20.9 Å². The van der Waals surface area contributed by atoms with E-state index in [1.807, 2.05) is 11.8 Å². The summed E-state index contributed by atoms with van der Waals surface area (Å²) < 4.78 is 1.10. The molecule has 0 radical (unpaired) electrons. The Morgan fingerprint density at radius 2 is 2.30 bits per heavy atom. The first-order valence-corrected chi connectivity index (χ1v) is 9.35. The summed E-state index contributed by atoms with van der Waals surface area (Å²) in [6, 6.07) is 2.37. The van der Waals surface area contributed by atoms with Crippen molar-refractivity contribution in [2.75, 3.05) is 19.6 Å². The Labute approximate surface area is 167 Å². The zero-order valence-corrected chi connectivity index (χ0v) is 18.2. The van der Waals surface area contributed by atoms with Crippen LogP contribution in [0.1, 0.15) is 31.6 Å². The van der Waals surface area contributed by atoms with Crippen LogP contribution >= 0.6 is 51.2 Å². The lowest BCUT2D eigenvalue weighted by Crippen LogP contribution is -2.45.